The lowest BCUT2D eigenvalue weighted by atomic mass is 10.2. The van der Waals surface area contributed by atoms with Crippen LogP contribution in [0.4, 0.5) is 0 Å². The number of benzene rings is 1. The van der Waals surface area contributed by atoms with Gasteiger partial charge in [0, 0.05) is 36.2 Å². The Morgan fingerprint density at radius 2 is 2.33 bits per heavy atom. The molecule has 1 N–H and O–H groups in total. The second kappa shape index (κ2) is 7.04. The third-order valence-electron chi connectivity index (χ3n) is 3.25. The summed E-state index contributed by atoms with van der Waals surface area (Å²) in [6.45, 7) is 0.565. The van der Waals surface area contributed by atoms with Crippen LogP contribution in [0.5, 0.6) is 0 Å². The maximum absolute atomic E-state index is 12.1. The van der Waals surface area contributed by atoms with Crippen LogP contribution in [-0.2, 0) is 11.3 Å². The van der Waals surface area contributed by atoms with E-state index in [1.54, 1.807) is 18.0 Å². The number of carbonyl (C=O) groups excluding carboxylic acids is 1. The molecule has 110 valence electrons. The summed E-state index contributed by atoms with van der Waals surface area (Å²) in [6, 6.07) is 9.97. The van der Waals surface area contributed by atoms with Crippen LogP contribution in [0, 0.1) is 0 Å². The molecule has 0 bridgehead atoms. The maximum atomic E-state index is 12.1. The quantitative estimate of drug-likeness (QED) is 0.939. The molecule has 0 radical (unpaired) electrons. The van der Waals surface area contributed by atoms with Crippen LogP contribution >= 0.6 is 23.5 Å². The summed E-state index contributed by atoms with van der Waals surface area (Å²) in [7, 11) is 0. The molecular weight excluding hydrogens is 302 g/mol. The van der Waals surface area contributed by atoms with Gasteiger partial charge in [-0.3, -0.25) is 4.79 Å². The van der Waals surface area contributed by atoms with Gasteiger partial charge in [0.1, 0.15) is 0 Å². The Morgan fingerprint density at radius 3 is 3.10 bits per heavy atom. The minimum atomic E-state index is 0.0954. The normalized spacial score (nSPS) is 18.4. The van der Waals surface area contributed by atoms with E-state index in [2.05, 4.69) is 16.5 Å². The lowest BCUT2D eigenvalue weighted by molar-refractivity contribution is -0.120. The molecule has 1 atom stereocenters. The number of nitrogens with zero attached hydrogens (tertiary/aromatic N) is 2. The molecular formula is C15H17N3OS2. The first-order chi connectivity index (χ1) is 10.3. The van der Waals surface area contributed by atoms with Crippen molar-refractivity contribution >= 4 is 29.4 Å². The van der Waals surface area contributed by atoms with Gasteiger partial charge in [-0.2, -0.15) is 16.9 Å². The van der Waals surface area contributed by atoms with E-state index >= 15 is 0 Å². The van der Waals surface area contributed by atoms with E-state index in [9.17, 15) is 4.79 Å². The number of hydrogen-bond acceptors (Lipinski definition) is 4. The summed E-state index contributed by atoms with van der Waals surface area (Å²) in [6.07, 6.45) is 3.67. The molecule has 1 aliphatic rings. The van der Waals surface area contributed by atoms with Crippen LogP contribution in [0.1, 0.15) is 5.56 Å². The predicted octanol–water partition coefficient (Wildman–Crippen LogP) is 2.34. The van der Waals surface area contributed by atoms with Crippen LogP contribution < -0.4 is 5.32 Å². The molecule has 1 aromatic heterocycles. The van der Waals surface area contributed by atoms with Crippen molar-refractivity contribution in [2.24, 2.45) is 0 Å². The summed E-state index contributed by atoms with van der Waals surface area (Å²) >= 11 is 3.62. The first-order valence-corrected chi connectivity index (χ1v) is 9.09. The lowest BCUT2D eigenvalue weighted by Gasteiger charge is -2.20. The minimum absolute atomic E-state index is 0.0954. The van der Waals surface area contributed by atoms with Crippen LogP contribution in [0.25, 0.3) is 5.69 Å². The van der Waals surface area contributed by atoms with Gasteiger partial charge in [0.25, 0.3) is 0 Å². The van der Waals surface area contributed by atoms with Crippen molar-refractivity contribution in [2.75, 3.05) is 17.3 Å². The number of carbonyl (C=O) groups is 1. The summed E-state index contributed by atoms with van der Waals surface area (Å²) in [5, 5.41) is 7.35. The number of rotatable bonds is 4. The fourth-order valence-corrected chi connectivity index (χ4v) is 4.75. The van der Waals surface area contributed by atoms with E-state index in [1.807, 2.05) is 46.9 Å². The van der Waals surface area contributed by atoms with Gasteiger partial charge < -0.3 is 5.32 Å². The molecule has 0 aliphatic carbocycles. The van der Waals surface area contributed by atoms with Crippen molar-refractivity contribution in [1.29, 1.82) is 0 Å². The second-order valence-corrected chi connectivity index (χ2v) is 7.23. The van der Waals surface area contributed by atoms with Crippen LogP contribution in [-0.4, -0.2) is 38.2 Å². The van der Waals surface area contributed by atoms with Crippen molar-refractivity contribution in [2.45, 2.75) is 11.8 Å². The molecule has 21 heavy (non-hydrogen) atoms. The fourth-order valence-electron chi connectivity index (χ4n) is 2.17. The van der Waals surface area contributed by atoms with Crippen LogP contribution in [0.2, 0.25) is 0 Å². The first kappa shape index (κ1) is 14.5. The highest BCUT2D eigenvalue weighted by atomic mass is 32.2. The Morgan fingerprint density at radius 1 is 1.38 bits per heavy atom. The third kappa shape index (κ3) is 3.83. The van der Waals surface area contributed by atoms with Gasteiger partial charge in [-0.25, -0.2) is 4.68 Å². The average molecular weight is 319 g/mol. The lowest BCUT2D eigenvalue weighted by Crippen LogP contribution is -2.35. The number of thioether (sulfide) groups is 2. The Kier molecular flexibility index (Phi) is 4.87. The highest BCUT2D eigenvalue weighted by molar-refractivity contribution is 8.07. The number of amides is 1. The van der Waals surface area contributed by atoms with Gasteiger partial charge in [-0.05, 0) is 23.8 Å². The molecule has 0 saturated carbocycles. The summed E-state index contributed by atoms with van der Waals surface area (Å²) in [4.78, 5) is 12.1. The maximum Gasteiger partial charge on any atom is 0.234 e. The third-order valence-corrected chi connectivity index (χ3v) is 6.01. The van der Waals surface area contributed by atoms with E-state index in [0.717, 1.165) is 28.5 Å². The van der Waals surface area contributed by atoms with Crippen LogP contribution in [0.15, 0.2) is 42.7 Å². The summed E-state index contributed by atoms with van der Waals surface area (Å²) in [5.74, 6) is 3.29. The van der Waals surface area contributed by atoms with Gasteiger partial charge in [0.2, 0.25) is 5.91 Å². The van der Waals surface area contributed by atoms with E-state index in [-0.39, 0.29) is 11.2 Å². The molecule has 0 spiro atoms. The van der Waals surface area contributed by atoms with E-state index in [0.29, 0.717) is 6.54 Å². The fraction of sp³-hybridized carbons (Fsp3) is 0.333. The largest absolute Gasteiger partial charge is 0.351 e. The van der Waals surface area contributed by atoms with E-state index < -0.39 is 0 Å². The van der Waals surface area contributed by atoms with E-state index in [4.69, 9.17) is 0 Å². The van der Waals surface area contributed by atoms with Gasteiger partial charge >= 0.3 is 0 Å². The van der Waals surface area contributed by atoms with Crippen molar-refractivity contribution < 1.29 is 4.79 Å². The number of nitrogens with one attached hydrogen (secondary N) is 1. The van der Waals surface area contributed by atoms with Crippen molar-refractivity contribution in [3.8, 4) is 5.69 Å². The summed E-state index contributed by atoms with van der Waals surface area (Å²) in [5.41, 5.74) is 2.10. The summed E-state index contributed by atoms with van der Waals surface area (Å²) < 4.78 is 1.82. The molecule has 1 unspecified atom stereocenters. The Bertz CT molecular complexity index is 595. The van der Waals surface area contributed by atoms with Crippen molar-refractivity contribution in [1.82, 2.24) is 15.1 Å². The van der Waals surface area contributed by atoms with Crippen molar-refractivity contribution in [3.05, 3.63) is 48.3 Å². The smallest absolute Gasteiger partial charge is 0.234 e. The van der Waals surface area contributed by atoms with Gasteiger partial charge in [0.05, 0.1) is 10.9 Å². The molecule has 6 heteroatoms. The Labute approximate surface area is 132 Å². The van der Waals surface area contributed by atoms with Gasteiger partial charge in [-0.1, -0.05) is 12.1 Å². The Balaban J connectivity index is 1.60. The van der Waals surface area contributed by atoms with E-state index in [1.165, 1.54) is 0 Å². The molecule has 3 rings (SSSR count). The monoisotopic (exact) mass is 319 g/mol. The van der Waals surface area contributed by atoms with Crippen LogP contribution in [0.3, 0.4) is 0 Å². The molecule has 1 aliphatic heterocycles. The standard InChI is InChI=1S/C15H17N3OS2/c19-15(14-11-20-7-8-21-14)16-10-12-3-1-4-13(9-12)18-6-2-5-17-18/h1-6,9,14H,7-8,10-11H2,(H,16,19). The average Bonchev–Trinajstić information content (AvgIpc) is 3.08. The Hall–Kier alpha value is -1.40. The highest BCUT2D eigenvalue weighted by Gasteiger charge is 2.21. The SMILES string of the molecule is O=C(NCc1cccc(-n2cccn2)c1)C1CSCCS1. The molecule has 1 saturated heterocycles. The zero-order valence-corrected chi connectivity index (χ0v) is 13.2. The molecule has 2 heterocycles. The molecule has 4 nitrogen and oxygen atoms in total. The zero-order chi connectivity index (χ0) is 14.5. The molecule has 1 fully saturated rings. The first-order valence-electron chi connectivity index (χ1n) is 6.89. The minimum Gasteiger partial charge on any atom is -0.351 e. The number of hydrogen-bond donors (Lipinski definition) is 1. The predicted molar refractivity (Wildman–Crippen MR) is 89.0 cm³/mol. The molecule has 1 aromatic carbocycles. The zero-order valence-electron chi connectivity index (χ0n) is 11.6. The van der Waals surface area contributed by atoms with Gasteiger partial charge in [0.15, 0.2) is 0 Å². The second-order valence-electron chi connectivity index (χ2n) is 4.77. The highest BCUT2D eigenvalue weighted by Crippen LogP contribution is 2.24. The number of aromatic nitrogens is 2. The molecule has 1 amide bonds. The topological polar surface area (TPSA) is 46.9 Å². The van der Waals surface area contributed by atoms with Gasteiger partial charge in [-0.15, -0.1) is 11.8 Å². The molecule has 2 aromatic rings. The van der Waals surface area contributed by atoms with Crippen molar-refractivity contribution in [3.63, 3.8) is 0 Å².